The smallest absolute Gasteiger partial charge is 0.383 e. The zero-order valence-electron chi connectivity index (χ0n) is 22.5. The molecule has 1 amide bonds. The van der Waals surface area contributed by atoms with Gasteiger partial charge in [-0.25, -0.2) is 9.37 Å². The van der Waals surface area contributed by atoms with Crippen molar-refractivity contribution in [3.63, 3.8) is 0 Å². The molecule has 0 bridgehead atoms. The maximum absolute atomic E-state index is 13.4. The molecule has 216 valence electrons. The van der Waals surface area contributed by atoms with Gasteiger partial charge in [0.25, 0.3) is 5.91 Å². The summed E-state index contributed by atoms with van der Waals surface area (Å²) in [6.07, 6.45) is 5.52. The maximum Gasteiger partial charge on any atom is 0.405 e. The van der Waals surface area contributed by atoms with Gasteiger partial charge in [-0.3, -0.25) is 14.6 Å². The van der Waals surface area contributed by atoms with Gasteiger partial charge in [-0.2, -0.15) is 13.2 Å². The van der Waals surface area contributed by atoms with Gasteiger partial charge in [-0.05, 0) is 60.9 Å². The van der Waals surface area contributed by atoms with Crippen LogP contribution in [0.15, 0.2) is 90.6 Å². The van der Waals surface area contributed by atoms with Crippen LogP contribution in [0.1, 0.15) is 35.1 Å². The highest BCUT2D eigenvalue weighted by Crippen LogP contribution is 2.33. The molecule has 2 atom stereocenters. The molecule has 7 nitrogen and oxygen atoms in total. The number of carbonyl (C=O) groups is 2. The highest BCUT2D eigenvalue weighted by Gasteiger charge is 2.38. The number of amides is 1. The van der Waals surface area contributed by atoms with E-state index in [1.807, 2.05) is 31.2 Å². The predicted molar refractivity (Wildman–Crippen MR) is 149 cm³/mol. The van der Waals surface area contributed by atoms with Crippen molar-refractivity contribution in [2.75, 3.05) is 18.8 Å². The monoisotopic (exact) mass is 577 g/mol. The third kappa shape index (κ3) is 6.56. The van der Waals surface area contributed by atoms with Crippen LogP contribution in [0.25, 0.3) is 11.1 Å². The van der Waals surface area contributed by atoms with Crippen LogP contribution in [0, 0.1) is 12.7 Å². The number of benzene rings is 1. The van der Waals surface area contributed by atoms with E-state index in [1.54, 1.807) is 24.5 Å². The lowest BCUT2D eigenvalue weighted by molar-refractivity contribution is -0.144. The van der Waals surface area contributed by atoms with Gasteiger partial charge in [0.1, 0.15) is 18.2 Å². The number of allylic oxidation sites excluding steroid dienone is 3. The Labute approximate surface area is 239 Å². The van der Waals surface area contributed by atoms with Gasteiger partial charge in [0.15, 0.2) is 5.78 Å². The SMILES string of the molecule is Cc1cc(-c2cnc(N)c(C3C=CC(NC(=O)C4=CN(CC(F)(F)F)CC(c5ccc(F)cc5)C4=O)=CC3)c2)ccn1. The number of hydrogen-bond acceptors (Lipinski definition) is 6. The molecule has 3 N–H and O–H groups in total. The van der Waals surface area contributed by atoms with Crippen molar-refractivity contribution < 1.29 is 27.2 Å². The minimum Gasteiger partial charge on any atom is -0.383 e. The van der Waals surface area contributed by atoms with E-state index < -0.39 is 41.7 Å². The molecule has 0 spiro atoms. The number of ketones is 1. The summed E-state index contributed by atoms with van der Waals surface area (Å²) in [5.74, 6) is -2.85. The molecule has 2 aromatic heterocycles. The Kier molecular flexibility index (Phi) is 7.93. The Hall–Kier alpha value is -4.80. The molecule has 0 saturated carbocycles. The van der Waals surface area contributed by atoms with Crippen molar-refractivity contribution in [3.8, 4) is 11.1 Å². The average molecular weight is 578 g/mol. The van der Waals surface area contributed by atoms with E-state index >= 15 is 0 Å². The summed E-state index contributed by atoms with van der Waals surface area (Å²) < 4.78 is 53.1. The molecule has 3 heterocycles. The van der Waals surface area contributed by atoms with Gasteiger partial charge in [-0.15, -0.1) is 0 Å². The Balaban J connectivity index is 1.33. The molecular weight excluding hydrogens is 550 g/mol. The van der Waals surface area contributed by atoms with E-state index in [0.717, 1.165) is 45.6 Å². The van der Waals surface area contributed by atoms with E-state index in [1.165, 1.54) is 12.1 Å². The van der Waals surface area contributed by atoms with Crippen LogP contribution in [0.3, 0.4) is 0 Å². The van der Waals surface area contributed by atoms with Crippen LogP contribution in [-0.2, 0) is 9.59 Å². The number of aromatic nitrogens is 2. The minimum absolute atomic E-state index is 0.137. The molecule has 11 heteroatoms. The maximum atomic E-state index is 13.4. The standard InChI is InChI=1S/C31H27F4N5O2/c1-18-12-21(10-11-37-18)22-13-25(29(36)38-14-22)19-4-8-24(9-5-19)39-30(42)27-16-40(17-31(33,34)35)15-26(28(27)41)20-2-6-23(32)7-3-20/h2-4,6-14,16,19,26H,5,15,17H2,1H3,(H2,36,38)(H,39,42). The number of nitrogen functional groups attached to an aromatic ring is 1. The Morgan fingerprint density at radius 1 is 1.12 bits per heavy atom. The minimum atomic E-state index is -4.56. The molecule has 42 heavy (non-hydrogen) atoms. The van der Waals surface area contributed by atoms with Gasteiger partial charge in [0.05, 0.1) is 11.5 Å². The first kappa shape index (κ1) is 28.7. The second kappa shape index (κ2) is 11.6. The molecular formula is C31H27F4N5O2. The number of nitrogens with zero attached hydrogens (tertiary/aromatic N) is 3. The number of alkyl halides is 3. The zero-order valence-corrected chi connectivity index (χ0v) is 22.5. The summed E-state index contributed by atoms with van der Waals surface area (Å²) >= 11 is 0. The summed E-state index contributed by atoms with van der Waals surface area (Å²) in [5, 5.41) is 2.64. The van der Waals surface area contributed by atoms with Gasteiger partial charge in [0.2, 0.25) is 0 Å². The zero-order chi connectivity index (χ0) is 30.0. The number of carbonyl (C=O) groups excluding carboxylic acids is 2. The van der Waals surface area contributed by atoms with Crippen molar-refractivity contribution >= 4 is 17.5 Å². The number of hydrogen-bond donors (Lipinski definition) is 2. The Morgan fingerprint density at radius 3 is 2.55 bits per heavy atom. The number of Topliss-reactive ketones (excluding diaryl/α,β-unsaturated/α-hetero) is 1. The first-order valence-electron chi connectivity index (χ1n) is 13.2. The predicted octanol–water partition coefficient (Wildman–Crippen LogP) is 5.33. The van der Waals surface area contributed by atoms with Crippen LogP contribution in [-0.4, -0.2) is 45.8 Å². The average Bonchev–Trinajstić information content (AvgIpc) is 2.94. The summed E-state index contributed by atoms with van der Waals surface area (Å²) in [5.41, 5.74) is 9.98. The molecule has 2 aliphatic rings. The van der Waals surface area contributed by atoms with E-state index in [0.29, 0.717) is 23.5 Å². The fourth-order valence-corrected chi connectivity index (χ4v) is 5.08. The van der Waals surface area contributed by atoms with Crippen molar-refractivity contribution in [1.29, 1.82) is 0 Å². The first-order valence-corrected chi connectivity index (χ1v) is 13.2. The Bertz CT molecular complexity index is 1610. The van der Waals surface area contributed by atoms with Gasteiger partial charge in [-0.1, -0.05) is 24.3 Å². The Morgan fingerprint density at radius 2 is 1.88 bits per heavy atom. The number of halogens is 4. The van der Waals surface area contributed by atoms with Crippen LogP contribution in [0.2, 0.25) is 0 Å². The summed E-state index contributed by atoms with van der Waals surface area (Å²) in [6.45, 7) is 0.262. The van der Waals surface area contributed by atoms with E-state index in [9.17, 15) is 27.2 Å². The highest BCUT2D eigenvalue weighted by molar-refractivity contribution is 6.22. The number of anilines is 1. The van der Waals surface area contributed by atoms with Crippen molar-refractivity contribution in [2.45, 2.75) is 31.4 Å². The largest absolute Gasteiger partial charge is 0.405 e. The fraction of sp³-hybridized carbons (Fsp3) is 0.226. The third-order valence-electron chi connectivity index (χ3n) is 7.15. The number of nitrogens with two attached hydrogens (primary N) is 1. The molecule has 2 unspecified atom stereocenters. The fourth-order valence-electron chi connectivity index (χ4n) is 5.08. The second-order valence-electron chi connectivity index (χ2n) is 10.3. The first-order chi connectivity index (χ1) is 20.0. The van der Waals surface area contributed by atoms with E-state index in [4.69, 9.17) is 5.73 Å². The highest BCUT2D eigenvalue weighted by atomic mass is 19.4. The molecule has 0 saturated heterocycles. The van der Waals surface area contributed by atoms with Crippen molar-refractivity contribution in [2.24, 2.45) is 0 Å². The van der Waals surface area contributed by atoms with Gasteiger partial charge >= 0.3 is 6.18 Å². The van der Waals surface area contributed by atoms with Crippen LogP contribution in [0.4, 0.5) is 23.4 Å². The molecule has 3 aromatic rings. The van der Waals surface area contributed by atoms with Gasteiger partial charge < -0.3 is 16.0 Å². The number of rotatable bonds is 6. The van der Waals surface area contributed by atoms with Crippen molar-refractivity contribution in [3.05, 3.63) is 113 Å². The van der Waals surface area contributed by atoms with Crippen LogP contribution in [0.5, 0.6) is 0 Å². The molecule has 1 aliphatic heterocycles. The number of aryl methyl sites for hydroxylation is 1. The quantitative estimate of drug-likeness (QED) is 0.303. The molecule has 1 aromatic carbocycles. The van der Waals surface area contributed by atoms with Gasteiger partial charge in [0, 0.05) is 53.6 Å². The van der Waals surface area contributed by atoms with Crippen molar-refractivity contribution in [1.82, 2.24) is 20.2 Å². The second-order valence-corrected chi connectivity index (χ2v) is 10.3. The molecule has 0 fully saturated rings. The lowest BCUT2D eigenvalue weighted by atomic mass is 9.87. The van der Waals surface area contributed by atoms with Crippen LogP contribution < -0.4 is 11.1 Å². The summed E-state index contributed by atoms with van der Waals surface area (Å²) in [7, 11) is 0. The lowest BCUT2D eigenvalue weighted by Crippen LogP contribution is -2.42. The number of nitrogens with one attached hydrogen (secondary N) is 1. The normalized spacial score (nSPS) is 18.9. The van der Waals surface area contributed by atoms with E-state index in [2.05, 4.69) is 15.3 Å². The van der Waals surface area contributed by atoms with Crippen LogP contribution >= 0.6 is 0 Å². The third-order valence-corrected chi connectivity index (χ3v) is 7.15. The summed E-state index contributed by atoms with van der Waals surface area (Å²) in [6, 6.07) is 10.7. The lowest BCUT2D eigenvalue weighted by Gasteiger charge is -2.32. The molecule has 5 rings (SSSR count). The molecule has 0 radical (unpaired) electrons. The topological polar surface area (TPSA) is 101 Å². The van der Waals surface area contributed by atoms with E-state index in [-0.39, 0.29) is 12.5 Å². The molecule has 1 aliphatic carbocycles. The summed E-state index contributed by atoms with van der Waals surface area (Å²) in [4.78, 5) is 35.9. The number of pyridine rings is 2.